The normalized spacial score (nSPS) is 28.9. The van der Waals surface area contributed by atoms with E-state index in [0.717, 1.165) is 25.7 Å². The van der Waals surface area contributed by atoms with Crippen molar-refractivity contribution in [1.82, 2.24) is 4.90 Å². The SMILES string of the molecule is COC(=O)c1ccc(O)c(C2(C(=O)OC3CC4CCC(C3)N4C)CCCC2)c1. The van der Waals surface area contributed by atoms with Gasteiger partial charge in [-0.15, -0.1) is 0 Å². The molecule has 2 aliphatic heterocycles. The second-order valence-electron chi connectivity index (χ2n) is 8.56. The van der Waals surface area contributed by atoms with Crippen LogP contribution in [0.2, 0.25) is 0 Å². The average Bonchev–Trinajstić information content (AvgIpc) is 3.25. The maximum absolute atomic E-state index is 13.4. The van der Waals surface area contributed by atoms with Crippen LogP contribution in [0.5, 0.6) is 5.75 Å². The molecule has 2 unspecified atom stereocenters. The van der Waals surface area contributed by atoms with Gasteiger partial charge in [0.2, 0.25) is 0 Å². The summed E-state index contributed by atoms with van der Waals surface area (Å²) in [5.74, 6) is -0.694. The van der Waals surface area contributed by atoms with Crippen LogP contribution >= 0.6 is 0 Å². The summed E-state index contributed by atoms with van der Waals surface area (Å²) in [5.41, 5.74) is -0.0447. The van der Waals surface area contributed by atoms with E-state index < -0.39 is 11.4 Å². The number of hydrogen-bond acceptors (Lipinski definition) is 6. The summed E-state index contributed by atoms with van der Waals surface area (Å²) in [6, 6.07) is 5.59. The third-order valence-corrected chi connectivity index (χ3v) is 7.11. The standard InChI is InChI=1S/C22H29NO5/c1-23-15-6-7-16(23)13-17(12-15)28-21(26)22(9-3-4-10-22)18-11-14(20(25)27-2)5-8-19(18)24/h5,8,11,15-17,24H,3-4,6-7,9-10,12-13H2,1-2H3. The zero-order valence-corrected chi connectivity index (χ0v) is 16.6. The van der Waals surface area contributed by atoms with E-state index in [4.69, 9.17) is 9.47 Å². The van der Waals surface area contributed by atoms with Crippen LogP contribution in [0.3, 0.4) is 0 Å². The van der Waals surface area contributed by atoms with Crippen molar-refractivity contribution in [3.63, 3.8) is 0 Å². The minimum absolute atomic E-state index is 0.0370. The molecular formula is C22H29NO5. The largest absolute Gasteiger partial charge is 0.508 e. The third-order valence-electron chi connectivity index (χ3n) is 7.11. The molecule has 152 valence electrons. The van der Waals surface area contributed by atoms with Gasteiger partial charge >= 0.3 is 11.9 Å². The predicted molar refractivity (Wildman–Crippen MR) is 103 cm³/mol. The predicted octanol–water partition coefficient (Wildman–Crippen LogP) is 3.16. The number of methoxy groups -OCH3 is 1. The van der Waals surface area contributed by atoms with E-state index in [1.807, 2.05) is 0 Å². The third kappa shape index (κ3) is 3.17. The number of carbonyl (C=O) groups is 2. The van der Waals surface area contributed by atoms with Crippen molar-refractivity contribution in [2.45, 2.75) is 75.0 Å². The van der Waals surface area contributed by atoms with Crippen LogP contribution in [-0.4, -0.2) is 54.3 Å². The molecule has 3 fully saturated rings. The summed E-state index contributed by atoms with van der Waals surface area (Å²) >= 11 is 0. The van der Waals surface area contributed by atoms with Crippen molar-refractivity contribution < 1.29 is 24.2 Å². The minimum Gasteiger partial charge on any atom is -0.508 e. The Morgan fingerprint density at radius 1 is 1.14 bits per heavy atom. The number of ether oxygens (including phenoxy) is 2. The van der Waals surface area contributed by atoms with Crippen LogP contribution in [0.15, 0.2) is 18.2 Å². The topological polar surface area (TPSA) is 76.1 Å². The van der Waals surface area contributed by atoms with Gasteiger partial charge in [-0.05, 0) is 63.8 Å². The Bertz CT molecular complexity index is 756. The van der Waals surface area contributed by atoms with Gasteiger partial charge in [0.1, 0.15) is 11.9 Å². The van der Waals surface area contributed by atoms with Crippen LogP contribution in [0.4, 0.5) is 0 Å². The number of piperidine rings is 1. The van der Waals surface area contributed by atoms with Crippen molar-refractivity contribution in [1.29, 1.82) is 0 Å². The number of phenolic OH excluding ortho intramolecular Hbond substituents is 1. The van der Waals surface area contributed by atoms with Crippen LogP contribution < -0.4 is 0 Å². The fourth-order valence-electron chi connectivity index (χ4n) is 5.45. The Kier molecular flexibility index (Phi) is 5.08. The van der Waals surface area contributed by atoms with Gasteiger partial charge in [-0.3, -0.25) is 4.79 Å². The van der Waals surface area contributed by atoms with Crippen molar-refractivity contribution >= 4 is 11.9 Å². The number of esters is 2. The highest BCUT2D eigenvalue weighted by Gasteiger charge is 2.48. The molecule has 2 heterocycles. The van der Waals surface area contributed by atoms with Crippen LogP contribution in [0.1, 0.15) is 67.3 Å². The molecule has 1 saturated carbocycles. The van der Waals surface area contributed by atoms with Gasteiger partial charge in [0, 0.05) is 17.6 Å². The Morgan fingerprint density at radius 2 is 1.79 bits per heavy atom. The lowest BCUT2D eigenvalue weighted by Crippen LogP contribution is -2.45. The smallest absolute Gasteiger partial charge is 0.337 e. The van der Waals surface area contributed by atoms with E-state index in [1.54, 1.807) is 6.07 Å². The summed E-state index contributed by atoms with van der Waals surface area (Å²) in [5, 5.41) is 10.5. The average molecular weight is 387 g/mol. The first-order chi connectivity index (χ1) is 13.4. The second-order valence-corrected chi connectivity index (χ2v) is 8.56. The number of carbonyl (C=O) groups excluding carboxylic acids is 2. The van der Waals surface area contributed by atoms with E-state index in [1.165, 1.54) is 32.1 Å². The fourth-order valence-corrected chi connectivity index (χ4v) is 5.45. The molecule has 6 nitrogen and oxygen atoms in total. The first kappa shape index (κ1) is 19.2. The van der Waals surface area contributed by atoms with Gasteiger partial charge in [0.15, 0.2) is 0 Å². The zero-order valence-electron chi connectivity index (χ0n) is 16.6. The Hall–Kier alpha value is -2.08. The van der Waals surface area contributed by atoms with Gasteiger partial charge in [-0.25, -0.2) is 4.79 Å². The molecule has 1 aliphatic carbocycles. The first-order valence-corrected chi connectivity index (χ1v) is 10.3. The Morgan fingerprint density at radius 3 is 2.39 bits per heavy atom. The van der Waals surface area contributed by atoms with E-state index in [9.17, 15) is 14.7 Å². The van der Waals surface area contributed by atoms with Gasteiger partial charge in [-0.1, -0.05) is 12.8 Å². The fraction of sp³-hybridized carbons (Fsp3) is 0.636. The summed E-state index contributed by atoms with van der Waals surface area (Å²) in [6.07, 6.45) is 7.08. The zero-order chi connectivity index (χ0) is 19.9. The Labute approximate surface area is 165 Å². The summed E-state index contributed by atoms with van der Waals surface area (Å²) < 4.78 is 10.9. The van der Waals surface area contributed by atoms with E-state index in [0.29, 0.717) is 36.1 Å². The summed E-state index contributed by atoms with van der Waals surface area (Å²) in [4.78, 5) is 27.8. The molecule has 0 spiro atoms. The van der Waals surface area contributed by atoms with E-state index in [-0.39, 0.29) is 17.8 Å². The van der Waals surface area contributed by atoms with Gasteiger partial charge in [0.05, 0.1) is 18.1 Å². The van der Waals surface area contributed by atoms with Crippen molar-refractivity contribution in [2.75, 3.05) is 14.2 Å². The molecule has 0 amide bonds. The summed E-state index contributed by atoms with van der Waals surface area (Å²) in [6.45, 7) is 0. The number of benzene rings is 1. The molecule has 1 aromatic rings. The molecule has 2 atom stereocenters. The molecule has 0 radical (unpaired) electrons. The number of hydrogen-bond donors (Lipinski definition) is 1. The number of aromatic hydroxyl groups is 1. The van der Waals surface area contributed by atoms with Gasteiger partial charge < -0.3 is 19.5 Å². The number of rotatable bonds is 4. The highest BCUT2D eigenvalue weighted by molar-refractivity contribution is 5.91. The molecule has 2 bridgehead atoms. The minimum atomic E-state index is -0.878. The lowest BCUT2D eigenvalue weighted by Gasteiger charge is -2.38. The maximum Gasteiger partial charge on any atom is 0.337 e. The molecule has 1 N–H and O–H groups in total. The molecule has 28 heavy (non-hydrogen) atoms. The highest BCUT2D eigenvalue weighted by atomic mass is 16.5. The van der Waals surface area contributed by atoms with Crippen LogP contribution in [0, 0.1) is 0 Å². The lowest BCUT2D eigenvalue weighted by atomic mass is 9.77. The van der Waals surface area contributed by atoms with Gasteiger partial charge in [0.25, 0.3) is 0 Å². The highest BCUT2D eigenvalue weighted by Crippen LogP contribution is 2.47. The van der Waals surface area contributed by atoms with Crippen molar-refractivity contribution in [3.05, 3.63) is 29.3 Å². The lowest BCUT2D eigenvalue weighted by molar-refractivity contribution is -0.159. The van der Waals surface area contributed by atoms with Crippen LogP contribution in [0.25, 0.3) is 0 Å². The molecule has 0 aromatic heterocycles. The first-order valence-electron chi connectivity index (χ1n) is 10.3. The molecule has 1 aromatic carbocycles. The molecule has 3 aliphatic rings. The summed E-state index contributed by atoms with van der Waals surface area (Å²) in [7, 11) is 3.48. The van der Waals surface area contributed by atoms with Gasteiger partial charge in [-0.2, -0.15) is 0 Å². The van der Waals surface area contributed by atoms with Crippen molar-refractivity contribution in [2.24, 2.45) is 0 Å². The maximum atomic E-state index is 13.4. The quantitative estimate of drug-likeness (QED) is 0.800. The van der Waals surface area contributed by atoms with Crippen molar-refractivity contribution in [3.8, 4) is 5.75 Å². The number of phenols is 1. The Balaban J connectivity index is 1.60. The molecular weight excluding hydrogens is 358 g/mol. The molecule has 2 saturated heterocycles. The molecule has 6 heteroatoms. The number of nitrogens with zero attached hydrogens (tertiary/aromatic N) is 1. The second kappa shape index (κ2) is 7.39. The number of fused-ring (bicyclic) bond motifs is 2. The monoisotopic (exact) mass is 387 g/mol. The van der Waals surface area contributed by atoms with E-state index >= 15 is 0 Å². The van der Waals surface area contributed by atoms with E-state index in [2.05, 4.69) is 11.9 Å². The molecule has 4 rings (SSSR count). The van der Waals surface area contributed by atoms with Crippen LogP contribution in [-0.2, 0) is 19.7 Å².